The van der Waals surface area contributed by atoms with Gasteiger partial charge in [0, 0.05) is 12.2 Å². The topological polar surface area (TPSA) is 49.3 Å². The second-order valence-electron chi connectivity index (χ2n) is 4.52. The van der Waals surface area contributed by atoms with Crippen LogP contribution in [0.15, 0.2) is 42.5 Å². The van der Waals surface area contributed by atoms with Gasteiger partial charge in [0.05, 0.1) is 5.92 Å². The summed E-state index contributed by atoms with van der Waals surface area (Å²) in [5.41, 5.74) is 1.03. The highest BCUT2D eigenvalue weighted by atomic mass is 16.4. The highest BCUT2D eigenvalue weighted by molar-refractivity contribution is 5.85. The molecule has 2 N–H and O–H groups in total. The number of carboxylic acid groups (broad SMARTS) is 1. The zero-order valence-electron chi connectivity index (χ0n) is 10.4. The second-order valence-corrected chi connectivity index (χ2v) is 4.52. The Bertz CT molecular complexity index is 551. The van der Waals surface area contributed by atoms with E-state index in [1.165, 1.54) is 10.8 Å². The molecule has 0 aliphatic carbocycles. The molecule has 0 heterocycles. The molecule has 2 aromatic rings. The SMILES string of the molecule is CC(CCNc1ccc2ccccc2c1)C(=O)O. The van der Waals surface area contributed by atoms with Crippen molar-refractivity contribution < 1.29 is 9.90 Å². The number of benzene rings is 2. The maximum Gasteiger partial charge on any atom is 0.306 e. The number of nitrogens with one attached hydrogen (secondary N) is 1. The predicted octanol–water partition coefficient (Wildman–Crippen LogP) is 3.36. The molecular weight excluding hydrogens is 226 g/mol. The van der Waals surface area contributed by atoms with Gasteiger partial charge in [0.1, 0.15) is 0 Å². The van der Waals surface area contributed by atoms with Crippen LogP contribution in [0.2, 0.25) is 0 Å². The summed E-state index contributed by atoms with van der Waals surface area (Å²) in [6, 6.07) is 14.3. The normalized spacial score (nSPS) is 12.3. The van der Waals surface area contributed by atoms with Crippen molar-refractivity contribution in [1.29, 1.82) is 0 Å². The number of rotatable bonds is 5. The van der Waals surface area contributed by atoms with E-state index in [0.29, 0.717) is 13.0 Å². The first kappa shape index (κ1) is 12.4. The van der Waals surface area contributed by atoms with Gasteiger partial charge < -0.3 is 10.4 Å². The summed E-state index contributed by atoms with van der Waals surface area (Å²) < 4.78 is 0. The molecule has 0 aliphatic heterocycles. The summed E-state index contributed by atoms with van der Waals surface area (Å²) in [6.45, 7) is 2.40. The molecule has 3 nitrogen and oxygen atoms in total. The van der Waals surface area contributed by atoms with E-state index in [4.69, 9.17) is 5.11 Å². The van der Waals surface area contributed by atoms with Gasteiger partial charge in [-0.25, -0.2) is 0 Å². The van der Waals surface area contributed by atoms with Crippen LogP contribution in [0.5, 0.6) is 0 Å². The average molecular weight is 243 g/mol. The first-order valence-electron chi connectivity index (χ1n) is 6.12. The van der Waals surface area contributed by atoms with E-state index in [0.717, 1.165) is 5.69 Å². The van der Waals surface area contributed by atoms with Crippen molar-refractivity contribution in [2.45, 2.75) is 13.3 Å². The minimum Gasteiger partial charge on any atom is -0.481 e. The smallest absolute Gasteiger partial charge is 0.306 e. The van der Waals surface area contributed by atoms with Crippen LogP contribution < -0.4 is 5.32 Å². The Kier molecular flexibility index (Phi) is 3.82. The summed E-state index contributed by atoms with van der Waals surface area (Å²) in [5.74, 6) is -1.05. The lowest BCUT2D eigenvalue weighted by Crippen LogP contribution is -2.14. The molecule has 1 unspecified atom stereocenters. The van der Waals surface area contributed by atoms with Crippen molar-refractivity contribution >= 4 is 22.4 Å². The van der Waals surface area contributed by atoms with Crippen LogP contribution in [0.1, 0.15) is 13.3 Å². The summed E-state index contributed by atoms with van der Waals surface area (Å²) >= 11 is 0. The van der Waals surface area contributed by atoms with Crippen molar-refractivity contribution in [1.82, 2.24) is 0 Å². The quantitative estimate of drug-likeness (QED) is 0.846. The van der Waals surface area contributed by atoms with Gasteiger partial charge in [-0.1, -0.05) is 37.3 Å². The number of anilines is 1. The lowest BCUT2D eigenvalue weighted by Gasteiger charge is -2.09. The molecule has 3 heteroatoms. The molecule has 0 radical (unpaired) electrons. The number of hydrogen-bond acceptors (Lipinski definition) is 2. The van der Waals surface area contributed by atoms with Crippen molar-refractivity contribution in [3.63, 3.8) is 0 Å². The number of fused-ring (bicyclic) bond motifs is 1. The maximum absolute atomic E-state index is 10.7. The minimum absolute atomic E-state index is 0.307. The Morgan fingerprint density at radius 2 is 1.94 bits per heavy atom. The number of hydrogen-bond donors (Lipinski definition) is 2. The first-order chi connectivity index (χ1) is 8.66. The molecule has 2 rings (SSSR count). The first-order valence-corrected chi connectivity index (χ1v) is 6.12. The largest absolute Gasteiger partial charge is 0.481 e. The van der Waals surface area contributed by atoms with Crippen LogP contribution in [0.3, 0.4) is 0 Å². The van der Waals surface area contributed by atoms with Gasteiger partial charge in [-0.3, -0.25) is 4.79 Å². The van der Waals surface area contributed by atoms with Crippen LogP contribution in [0.25, 0.3) is 10.8 Å². The predicted molar refractivity (Wildman–Crippen MR) is 73.9 cm³/mol. The van der Waals surface area contributed by atoms with E-state index in [9.17, 15) is 4.79 Å². The van der Waals surface area contributed by atoms with E-state index in [-0.39, 0.29) is 5.92 Å². The molecule has 18 heavy (non-hydrogen) atoms. The van der Waals surface area contributed by atoms with E-state index < -0.39 is 5.97 Å². The maximum atomic E-state index is 10.7. The highest BCUT2D eigenvalue weighted by Gasteiger charge is 2.09. The van der Waals surface area contributed by atoms with Gasteiger partial charge in [-0.15, -0.1) is 0 Å². The van der Waals surface area contributed by atoms with Crippen molar-refractivity contribution in [2.24, 2.45) is 5.92 Å². The fraction of sp³-hybridized carbons (Fsp3) is 0.267. The fourth-order valence-corrected chi connectivity index (χ4v) is 1.86. The van der Waals surface area contributed by atoms with Crippen molar-refractivity contribution in [2.75, 3.05) is 11.9 Å². The van der Waals surface area contributed by atoms with E-state index in [1.54, 1.807) is 6.92 Å². The van der Waals surface area contributed by atoms with Gasteiger partial charge in [0.15, 0.2) is 0 Å². The van der Waals surface area contributed by atoms with E-state index in [2.05, 4.69) is 29.6 Å². The van der Waals surface area contributed by atoms with Crippen LogP contribution in [-0.2, 0) is 4.79 Å². The monoisotopic (exact) mass is 243 g/mol. The molecule has 1 atom stereocenters. The Morgan fingerprint density at radius 3 is 2.67 bits per heavy atom. The Morgan fingerprint density at radius 1 is 1.22 bits per heavy atom. The Labute approximate surface area is 106 Å². The zero-order chi connectivity index (χ0) is 13.0. The van der Waals surface area contributed by atoms with Gasteiger partial charge in [-0.05, 0) is 29.3 Å². The molecule has 0 saturated carbocycles. The highest BCUT2D eigenvalue weighted by Crippen LogP contribution is 2.18. The van der Waals surface area contributed by atoms with Gasteiger partial charge in [-0.2, -0.15) is 0 Å². The summed E-state index contributed by atoms with van der Waals surface area (Å²) in [4.78, 5) is 10.7. The van der Waals surface area contributed by atoms with E-state index >= 15 is 0 Å². The third-order valence-electron chi connectivity index (χ3n) is 3.08. The number of carboxylic acids is 1. The van der Waals surface area contributed by atoms with Gasteiger partial charge in [0.2, 0.25) is 0 Å². The third kappa shape index (κ3) is 3.00. The van der Waals surface area contributed by atoms with Crippen LogP contribution in [-0.4, -0.2) is 17.6 Å². The average Bonchev–Trinajstić information content (AvgIpc) is 2.38. The Balaban J connectivity index is 1.98. The van der Waals surface area contributed by atoms with Crippen LogP contribution >= 0.6 is 0 Å². The standard InChI is InChI=1S/C15H17NO2/c1-11(15(17)18)8-9-16-14-7-6-12-4-2-3-5-13(12)10-14/h2-7,10-11,16H,8-9H2,1H3,(H,17,18). The third-order valence-corrected chi connectivity index (χ3v) is 3.08. The second kappa shape index (κ2) is 5.54. The lowest BCUT2D eigenvalue weighted by atomic mass is 10.1. The van der Waals surface area contributed by atoms with Crippen LogP contribution in [0.4, 0.5) is 5.69 Å². The molecule has 0 aliphatic rings. The Hall–Kier alpha value is -2.03. The fourth-order valence-electron chi connectivity index (χ4n) is 1.86. The molecule has 0 fully saturated rings. The summed E-state index contributed by atoms with van der Waals surface area (Å²) in [6.07, 6.45) is 0.627. The van der Waals surface area contributed by atoms with E-state index in [1.807, 2.05) is 18.2 Å². The molecule has 0 spiro atoms. The summed E-state index contributed by atoms with van der Waals surface area (Å²) in [5, 5.41) is 14.5. The molecule has 2 aromatic carbocycles. The minimum atomic E-state index is -0.740. The lowest BCUT2D eigenvalue weighted by molar-refractivity contribution is -0.141. The molecule has 0 amide bonds. The van der Waals surface area contributed by atoms with Crippen molar-refractivity contribution in [3.8, 4) is 0 Å². The zero-order valence-corrected chi connectivity index (χ0v) is 10.4. The molecular formula is C15H17NO2. The number of carbonyl (C=O) groups is 1. The number of aliphatic carboxylic acids is 1. The molecule has 0 bridgehead atoms. The summed E-state index contributed by atoms with van der Waals surface area (Å²) in [7, 11) is 0. The molecule has 0 aromatic heterocycles. The van der Waals surface area contributed by atoms with Gasteiger partial charge >= 0.3 is 5.97 Å². The van der Waals surface area contributed by atoms with Crippen LogP contribution in [0, 0.1) is 5.92 Å². The molecule has 0 saturated heterocycles. The molecule has 94 valence electrons. The van der Waals surface area contributed by atoms with Gasteiger partial charge in [0.25, 0.3) is 0 Å². The van der Waals surface area contributed by atoms with Crippen molar-refractivity contribution in [3.05, 3.63) is 42.5 Å².